The lowest BCUT2D eigenvalue weighted by atomic mass is 10.1. The van der Waals surface area contributed by atoms with Crippen molar-refractivity contribution in [1.29, 1.82) is 0 Å². The van der Waals surface area contributed by atoms with E-state index in [0.29, 0.717) is 5.92 Å². The van der Waals surface area contributed by atoms with Gasteiger partial charge >= 0.3 is 0 Å². The van der Waals surface area contributed by atoms with Crippen LogP contribution in [0.15, 0.2) is 29.8 Å². The number of rotatable bonds is 4. The van der Waals surface area contributed by atoms with Crippen LogP contribution in [-0.4, -0.2) is 10.9 Å². The number of hydrogen-bond acceptors (Lipinski definition) is 3. The molecule has 3 rings (SSSR count). The van der Waals surface area contributed by atoms with E-state index in [9.17, 15) is 9.18 Å². The van der Waals surface area contributed by atoms with Crippen LogP contribution in [0, 0.1) is 18.7 Å². The molecule has 1 unspecified atom stereocenters. The third kappa shape index (κ3) is 2.72. The Morgan fingerprint density at radius 3 is 2.95 bits per heavy atom. The minimum absolute atomic E-state index is 0.0950. The summed E-state index contributed by atoms with van der Waals surface area (Å²) in [5.74, 6) is -0.418. The van der Waals surface area contributed by atoms with Gasteiger partial charge in [-0.1, -0.05) is 11.6 Å². The van der Waals surface area contributed by atoms with Crippen LogP contribution in [0.2, 0.25) is 0 Å². The maximum Gasteiger partial charge on any atom is 0.254 e. The van der Waals surface area contributed by atoms with E-state index in [1.807, 2.05) is 12.3 Å². The maximum absolute atomic E-state index is 13.8. The molecule has 1 aliphatic rings. The topological polar surface area (TPSA) is 42.0 Å². The number of carbonyl (C=O) groups excluding carboxylic acids is 1. The molecular weight excluding hydrogens is 275 g/mol. The Labute approximate surface area is 120 Å². The molecule has 0 bridgehead atoms. The number of thiazole rings is 1. The van der Waals surface area contributed by atoms with E-state index in [0.717, 1.165) is 23.4 Å². The molecule has 0 aliphatic heterocycles. The highest BCUT2D eigenvalue weighted by Gasteiger charge is 2.35. The molecule has 3 nitrogen and oxygen atoms in total. The Bertz CT molecular complexity index is 623. The number of halogens is 1. The van der Waals surface area contributed by atoms with Gasteiger partial charge in [0, 0.05) is 11.6 Å². The summed E-state index contributed by atoms with van der Waals surface area (Å²) < 4.78 is 13.8. The molecule has 104 valence electrons. The summed E-state index contributed by atoms with van der Waals surface area (Å²) in [6, 6.07) is 4.48. The fourth-order valence-corrected chi connectivity index (χ4v) is 3.01. The standard InChI is InChI=1S/C15H15FN2OS/c1-9-2-5-12(16)11(8-9)14(19)18-13(10-3-4-10)15-17-6-7-20-15/h2,5-8,10,13H,3-4H2,1H3,(H,18,19). The van der Waals surface area contributed by atoms with E-state index in [4.69, 9.17) is 0 Å². The molecular formula is C15H15FN2OS. The van der Waals surface area contributed by atoms with E-state index in [2.05, 4.69) is 10.3 Å². The normalized spacial score (nSPS) is 15.9. The van der Waals surface area contributed by atoms with Gasteiger partial charge in [-0.3, -0.25) is 4.79 Å². The van der Waals surface area contributed by atoms with E-state index in [-0.39, 0.29) is 17.5 Å². The Hall–Kier alpha value is -1.75. The van der Waals surface area contributed by atoms with Crippen molar-refractivity contribution in [3.8, 4) is 0 Å². The minimum Gasteiger partial charge on any atom is -0.342 e. The summed E-state index contributed by atoms with van der Waals surface area (Å²) >= 11 is 1.52. The first-order valence-corrected chi connectivity index (χ1v) is 7.49. The number of nitrogens with zero attached hydrogens (tertiary/aromatic N) is 1. The highest BCUT2D eigenvalue weighted by molar-refractivity contribution is 7.09. The number of aromatic nitrogens is 1. The quantitative estimate of drug-likeness (QED) is 0.936. The van der Waals surface area contributed by atoms with Gasteiger partial charge in [0.2, 0.25) is 0 Å². The lowest BCUT2D eigenvalue weighted by molar-refractivity contribution is 0.0927. The number of amides is 1. The van der Waals surface area contributed by atoms with Crippen LogP contribution >= 0.6 is 11.3 Å². The summed E-state index contributed by atoms with van der Waals surface area (Å²) in [5.41, 5.74) is 0.973. The zero-order chi connectivity index (χ0) is 14.1. The first-order chi connectivity index (χ1) is 9.65. The largest absolute Gasteiger partial charge is 0.342 e. The van der Waals surface area contributed by atoms with Crippen LogP contribution in [0.3, 0.4) is 0 Å². The molecule has 1 aliphatic carbocycles. The molecule has 1 heterocycles. The lowest BCUT2D eigenvalue weighted by Gasteiger charge is -2.16. The highest BCUT2D eigenvalue weighted by Crippen LogP contribution is 2.41. The molecule has 0 radical (unpaired) electrons. The van der Waals surface area contributed by atoms with Crippen LogP contribution in [-0.2, 0) is 0 Å². The van der Waals surface area contributed by atoms with Crippen LogP contribution in [0.1, 0.15) is 39.8 Å². The van der Waals surface area contributed by atoms with Crippen LogP contribution in [0.4, 0.5) is 4.39 Å². The van der Waals surface area contributed by atoms with Crippen molar-refractivity contribution >= 4 is 17.2 Å². The smallest absolute Gasteiger partial charge is 0.254 e. The minimum atomic E-state index is -0.484. The fraction of sp³-hybridized carbons (Fsp3) is 0.333. The van der Waals surface area contributed by atoms with Crippen LogP contribution in [0.5, 0.6) is 0 Å². The van der Waals surface area contributed by atoms with E-state index in [1.165, 1.54) is 17.4 Å². The Morgan fingerprint density at radius 2 is 2.30 bits per heavy atom. The van der Waals surface area contributed by atoms with Crippen molar-refractivity contribution in [3.05, 3.63) is 51.7 Å². The van der Waals surface area contributed by atoms with Gasteiger partial charge < -0.3 is 5.32 Å². The predicted octanol–water partition coefficient (Wildman–Crippen LogP) is 3.47. The number of carbonyl (C=O) groups is 1. The molecule has 1 saturated carbocycles. The summed E-state index contributed by atoms with van der Waals surface area (Å²) in [6.07, 6.45) is 3.90. The summed E-state index contributed by atoms with van der Waals surface area (Å²) in [7, 11) is 0. The molecule has 1 fully saturated rings. The van der Waals surface area contributed by atoms with Crippen molar-refractivity contribution in [3.63, 3.8) is 0 Å². The zero-order valence-corrected chi connectivity index (χ0v) is 11.9. The Kier molecular flexibility index (Phi) is 3.53. The van der Waals surface area contributed by atoms with Gasteiger partial charge in [0.25, 0.3) is 5.91 Å². The third-order valence-corrected chi connectivity index (χ3v) is 4.32. The SMILES string of the molecule is Cc1ccc(F)c(C(=O)NC(c2nccs2)C2CC2)c1. The summed E-state index contributed by atoms with van der Waals surface area (Å²) in [5, 5.41) is 5.72. The fourth-order valence-electron chi connectivity index (χ4n) is 2.23. The predicted molar refractivity (Wildman–Crippen MR) is 76.2 cm³/mol. The van der Waals surface area contributed by atoms with Crippen molar-refractivity contribution in [2.75, 3.05) is 0 Å². The van der Waals surface area contributed by atoms with Gasteiger partial charge in [-0.25, -0.2) is 9.37 Å². The second kappa shape index (κ2) is 5.32. The number of nitrogens with one attached hydrogen (secondary N) is 1. The van der Waals surface area contributed by atoms with Crippen molar-refractivity contribution < 1.29 is 9.18 Å². The van der Waals surface area contributed by atoms with Gasteiger partial charge in [0.15, 0.2) is 0 Å². The van der Waals surface area contributed by atoms with Crippen LogP contribution in [0.25, 0.3) is 0 Å². The van der Waals surface area contributed by atoms with Gasteiger partial charge in [0.1, 0.15) is 10.8 Å². The number of aryl methyl sites for hydroxylation is 1. The third-order valence-electron chi connectivity index (χ3n) is 3.46. The molecule has 1 aromatic carbocycles. The summed E-state index contributed by atoms with van der Waals surface area (Å²) in [4.78, 5) is 16.6. The van der Waals surface area contributed by atoms with Gasteiger partial charge in [-0.15, -0.1) is 11.3 Å². The average molecular weight is 290 g/mol. The van der Waals surface area contributed by atoms with Gasteiger partial charge in [-0.05, 0) is 37.8 Å². The molecule has 1 amide bonds. The molecule has 1 N–H and O–H groups in total. The number of benzene rings is 1. The molecule has 5 heteroatoms. The lowest BCUT2D eigenvalue weighted by Crippen LogP contribution is -2.30. The molecule has 0 spiro atoms. The van der Waals surface area contributed by atoms with Crippen molar-refractivity contribution in [2.24, 2.45) is 5.92 Å². The summed E-state index contributed by atoms with van der Waals surface area (Å²) in [6.45, 7) is 1.84. The van der Waals surface area contributed by atoms with Crippen LogP contribution < -0.4 is 5.32 Å². The highest BCUT2D eigenvalue weighted by atomic mass is 32.1. The van der Waals surface area contributed by atoms with Gasteiger partial charge in [0.05, 0.1) is 11.6 Å². The van der Waals surface area contributed by atoms with Crippen molar-refractivity contribution in [1.82, 2.24) is 10.3 Å². The molecule has 20 heavy (non-hydrogen) atoms. The second-order valence-corrected chi connectivity index (χ2v) is 6.07. The first-order valence-electron chi connectivity index (χ1n) is 6.61. The van der Waals surface area contributed by atoms with E-state index >= 15 is 0 Å². The molecule has 2 aromatic rings. The number of hydrogen-bond donors (Lipinski definition) is 1. The van der Waals surface area contributed by atoms with Crippen molar-refractivity contribution in [2.45, 2.75) is 25.8 Å². The van der Waals surface area contributed by atoms with E-state index < -0.39 is 5.82 Å². The first kappa shape index (κ1) is 13.2. The van der Waals surface area contributed by atoms with Gasteiger partial charge in [-0.2, -0.15) is 0 Å². The average Bonchev–Trinajstić information content (AvgIpc) is 3.13. The maximum atomic E-state index is 13.8. The van der Waals surface area contributed by atoms with E-state index in [1.54, 1.807) is 18.3 Å². The molecule has 0 saturated heterocycles. The second-order valence-electron chi connectivity index (χ2n) is 5.14. The zero-order valence-electron chi connectivity index (χ0n) is 11.1. The monoisotopic (exact) mass is 290 g/mol. The Balaban J connectivity index is 1.82. The molecule has 1 atom stereocenters. The molecule has 1 aromatic heterocycles. The Morgan fingerprint density at radius 1 is 1.50 bits per heavy atom.